The zero-order valence-electron chi connectivity index (χ0n) is 12.5. The van der Waals surface area contributed by atoms with E-state index in [1.165, 1.54) is 12.1 Å². The third-order valence-electron chi connectivity index (χ3n) is 3.48. The second-order valence-electron chi connectivity index (χ2n) is 5.25. The summed E-state index contributed by atoms with van der Waals surface area (Å²) in [5, 5.41) is 2.95. The summed E-state index contributed by atoms with van der Waals surface area (Å²) in [6, 6.07) is 10.9. The number of fused-ring (bicyclic) bond motifs is 1. The van der Waals surface area contributed by atoms with E-state index in [4.69, 9.17) is 4.42 Å². The summed E-state index contributed by atoms with van der Waals surface area (Å²) in [6.45, 7) is 0.151. The van der Waals surface area contributed by atoms with Crippen LogP contribution in [-0.2, 0) is 6.42 Å². The fourth-order valence-electron chi connectivity index (χ4n) is 2.38. The molecule has 122 valence electrons. The lowest BCUT2D eigenvalue weighted by molar-refractivity contribution is 0.0927. The SMILES string of the molecule is O=C(NCCc1cc(F)cc(F)c1)c1cc(=O)c2ccccc2o1. The molecule has 0 aliphatic rings. The number of amides is 1. The minimum absolute atomic E-state index is 0.107. The zero-order chi connectivity index (χ0) is 17.1. The van der Waals surface area contributed by atoms with Gasteiger partial charge in [0, 0.05) is 18.7 Å². The molecule has 1 amide bonds. The summed E-state index contributed by atoms with van der Waals surface area (Å²) in [5.74, 6) is -2.01. The Hall–Kier alpha value is -3.02. The molecule has 1 heterocycles. The third-order valence-corrected chi connectivity index (χ3v) is 3.48. The largest absolute Gasteiger partial charge is 0.451 e. The Bertz CT molecular complexity index is 946. The van der Waals surface area contributed by atoms with E-state index in [9.17, 15) is 18.4 Å². The van der Waals surface area contributed by atoms with Gasteiger partial charge in [-0.05, 0) is 36.2 Å². The maximum absolute atomic E-state index is 13.1. The van der Waals surface area contributed by atoms with Gasteiger partial charge in [-0.2, -0.15) is 0 Å². The number of benzene rings is 2. The van der Waals surface area contributed by atoms with E-state index in [1.807, 2.05) is 0 Å². The van der Waals surface area contributed by atoms with Gasteiger partial charge in [-0.25, -0.2) is 8.78 Å². The number of hydrogen-bond donors (Lipinski definition) is 1. The number of carbonyl (C=O) groups is 1. The van der Waals surface area contributed by atoms with Crippen LogP contribution in [0.15, 0.2) is 57.7 Å². The van der Waals surface area contributed by atoms with Gasteiger partial charge in [-0.15, -0.1) is 0 Å². The normalized spacial score (nSPS) is 10.8. The van der Waals surface area contributed by atoms with Crippen molar-refractivity contribution in [3.63, 3.8) is 0 Å². The Labute approximate surface area is 135 Å². The molecule has 3 rings (SSSR count). The minimum Gasteiger partial charge on any atom is -0.451 e. The van der Waals surface area contributed by atoms with Crippen molar-refractivity contribution in [3.8, 4) is 0 Å². The van der Waals surface area contributed by atoms with Crippen LogP contribution < -0.4 is 10.7 Å². The monoisotopic (exact) mass is 329 g/mol. The first kappa shape index (κ1) is 15.9. The van der Waals surface area contributed by atoms with Gasteiger partial charge in [0.05, 0.1) is 5.39 Å². The Morgan fingerprint density at radius 3 is 2.50 bits per heavy atom. The number of hydrogen-bond acceptors (Lipinski definition) is 3. The lowest BCUT2D eigenvalue weighted by Crippen LogP contribution is -2.26. The minimum atomic E-state index is -0.670. The molecular weight excluding hydrogens is 316 g/mol. The first-order valence-electron chi connectivity index (χ1n) is 7.29. The molecule has 2 aromatic carbocycles. The van der Waals surface area contributed by atoms with Crippen LogP contribution in [-0.4, -0.2) is 12.5 Å². The highest BCUT2D eigenvalue weighted by atomic mass is 19.1. The molecule has 4 nitrogen and oxygen atoms in total. The van der Waals surface area contributed by atoms with Gasteiger partial charge in [0.2, 0.25) is 0 Å². The van der Waals surface area contributed by atoms with Crippen molar-refractivity contribution in [2.45, 2.75) is 6.42 Å². The van der Waals surface area contributed by atoms with Gasteiger partial charge < -0.3 is 9.73 Å². The molecule has 6 heteroatoms. The first-order valence-corrected chi connectivity index (χ1v) is 7.29. The van der Waals surface area contributed by atoms with Gasteiger partial charge in [0.1, 0.15) is 17.2 Å². The second kappa shape index (κ2) is 6.62. The standard InChI is InChI=1S/C18H13F2NO3/c19-12-7-11(8-13(20)9-12)5-6-21-18(23)17-10-15(22)14-3-1-2-4-16(14)24-17/h1-4,7-10H,5-6H2,(H,21,23). The molecule has 3 aromatic rings. The first-order chi connectivity index (χ1) is 11.5. The quantitative estimate of drug-likeness (QED) is 0.800. The van der Waals surface area contributed by atoms with Crippen LogP contribution in [0.4, 0.5) is 8.78 Å². The molecular formula is C18H13F2NO3. The van der Waals surface area contributed by atoms with Crippen LogP contribution >= 0.6 is 0 Å². The molecule has 0 saturated heterocycles. The highest BCUT2D eigenvalue weighted by Crippen LogP contribution is 2.12. The molecule has 0 unspecified atom stereocenters. The highest BCUT2D eigenvalue weighted by molar-refractivity contribution is 5.93. The lowest BCUT2D eigenvalue weighted by Gasteiger charge is -2.06. The molecule has 1 aromatic heterocycles. The molecule has 0 fully saturated rings. The Balaban J connectivity index is 1.70. The Morgan fingerprint density at radius 2 is 1.75 bits per heavy atom. The van der Waals surface area contributed by atoms with Gasteiger partial charge in [0.15, 0.2) is 11.2 Å². The predicted octanol–water partition coefficient (Wildman–Crippen LogP) is 3.04. The summed E-state index contributed by atoms with van der Waals surface area (Å²) in [7, 11) is 0. The third kappa shape index (κ3) is 3.48. The summed E-state index contributed by atoms with van der Waals surface area (Å²) in [6.07, 6.45) is 0.248. The lowest BCUT2D eigenvalue weighted by atomic mass is 10.1. The summed E-state index contributed by atoms with van der Waals surface area (Å²) >= 11 is 0. The van der Waals surface area contributed by atoms with E-state index < -0.39 is 17.5 Å². The van der Waals surface area contributed by atoms with E-state index >= 15 is 0 Å². The van der Waals surface area contributed by atoms with Crippen LogP contribution in [0.1, 0.15) is 16.1 Å². The fourth-order valence-corrected chi connectivity index (χ4v) is 2.38. The second-order valence-corrected chi connectivity index (χ2v) is 5.25. The van der Waals surface area contributed by atoms with Crippen LogP contribution in [0.3, 0.4) is 0 Å². The van der Waals surface area contributed by atoms with Gasteiger partial charge >= 0.3 is 0 Å². The molecule has 0 atom stereocenters. The smallest absolute Gasteiger partial charge is 0.287 e. The highest BCUT2D eigenvalue weighted by Gasteiger charge is 2.11. The van der Waals surface area contributed by atoms with Crippen molar-refractivity contribution >= 4 is 16.9 Å². The van der Waals surface area contributed by atoms with Crippen molar-refractivity contribution in [1.82, 2.24) is 5.32 Å². The predicted molar refractivity (Wildman–Crippen MR) is 84.9 cm³/mol. The molecule has 0 radical (unpaired) electrons. The summed E-state index contributed by atoms with van der Waals surface area (Å²) in [5.41, 5.74) is 0.435. The van der Waals surface area contributed by atoms with E-state index in [0.717, 1.165) is 12.1 Å². The van der Waals surface area contributed by atoms with Crippen molar-refractivity contribution in [2.24, 2.45) is 0 Å². The van der Waals surface area contributed by atoms with Crippen molar-refractivity contribution in [2.75, 3.05) is 6.54 Å². The van der Waals surface area contributed by atoms with Crippen LogP contribution in [0, 0.1) is 11.6 Å². The van der Waals surface area contributed by atoms with E-state index in [1.54, 1.807) is 24.3 Å². The van der Waals surface area contributed by atoms with Gasteiger partial charge in [-0.1, -0.05) is 12.1 Å². The van der Waals surface area contributed by atoms with E-state index in [2.05, 4.69) is 5.32 Å². The van der Waals surface area contributed by atoms with Crippen LogP contribution in [0.25, 0.3) is 11.0 Å². The van der Waals surface area contributed by atoms with Crippen molar-refractivity contribution < 1.29 is 18.0 Å². The summed E-state index contributed by atoms with van der Waals surface area (Å²) < 4.78 is 31.6. The van der Waals surface area contributed by atoms with Crippen LogP contribution in [0.5, 0.6) is 0 Å². The molecule has 24 heavy (non-hydrogen) atoms. The molecule has 0 bridgehead atoms. The van der Waals surface area contributed by atoms with Gasteiger partial charge in [-0.3, -0.25) is 9.59 Å². The Morgan fingerprint density at radius 1 is 1.04 bits per heavy atom. The fraction of sp³-hybridized carbons (Fsp3) is 0.111. The summed E-state index contributed by atoms with van der Waals surface area (Å²) in [4.78, 5) is 24.0. The molecule has 0 spiro atoms. The molecule has 0 aliphatic carbocycles. The number of halogens is 2. The van der Waals surface area contributed by atoms with Gasteiger partial charge in [0.25, 0.3) is 5.91 Å². The average molecular weight is 329 g/mol. The van der Waals surface area contributed by atoms with Crippen LogP contribution in [0.2, 0.25) is 0 Å². The van der Waals surface area contributed by atoms with Crippen molar-refractivity contribution in [3.05, 3.63) is 81.7 Å². The molecule has 1 N–H and O–H groups in total. The molecule has 0 saturated carbocycles. The maximum atomic E-state index is 13.1. The van der Waals surface area contributed by atoms with E-state index in [0.29, 0.717) is 16.5 Å². The maximum Gasteiger partial charge on any atom is 0.287 e. The van der Waals surface area contributed by atoms with Crippen molar-refractivity contribution in [1.29, 1.82) is 0 Å². The number of carbonyl (C=O) groups excluding carboxylic acids is 1. The number of rotatable bonds is 4. The van der Waals surface area contributed by atoms with E-state index in [-0.39, 0.29) is 24.2 Å². The topological polar surface area (TPSA) is 59.3 Å². The number of para-hydroxylation sites is 1. The number of nitrogens with one attached hydrogen (secondary N) is 1. The Kier molecular flexibility index (Phi) is 4.37. The zero-order valence-corrected chi connectivity index (χ0v) is 12.5. The molecule has 0 aliphatic heterocycles. The average Bonchev–Trinajstić information content (AvgIpc) is 2.54.